The van der Waals surface area contributed by atoms with Crippen molar-refractivity contribution in [2.45, 2.75) is 12.6 Å². The van der Waals surface area contributed by atoms with Gasteiger partial charge in [0.2, 0.25) is 17.7 Å². The molecule has 1 unspecified atom stereocenters. The fraction of sp³-hybridized carbons (Fsp3) is 0.357. The van der Waals surface area contributed by atoms with Gasteiger partial charge in [-0.1, -0.05) is 6.07 Å². The number of rotatable bonds is 5. The molecule has 0 saturated carbocycles. The molecule has 1 aromatic carbocycles. The Morgan fingerprint density at radius 1 is 1.55 bits per heavy atom. The fourth-order valence-corrected chi connectivity index (χ4v) is 2.99. The van der Waals surface area contributed by atoms with Crippen molar-refractivity contribution in [3.05, 3.63) is 30.2 Å². The molecule has 0 spiro atoms. The molecule has 7 nitrogen and oxygen atoms in total. The third-order valence-electron chi connectivity index (χ3n) is 3.23. The summed E-state index contributed by atoms with van der Waals surface area (Å²) in [5, 5.41) is 13.8. The van der Waals surface area contributed by atoms with Crippen LogP contribution in [0.2, 0.25) is 0 Å². The Kier molecular flexibility index (Phi) is 4.59. The van der Waals surface area contributed by atoms with Gasteiger partial charge in [0.15, 0.2) is 0 Å². The third-order valence-corrected chi connectivity index (χ3v) is 4.17. The van der Waals surface area contributed by atoms with Crippen LogP contribution < -0.4 is 15.4 Å². The lowest BCUT2D eigenvalue weighted by atomic mass is 10.2. The van der Waals surface area contributed by atoms with Gasteiger partial charge in [0.25, 0.3) is 0 Å². The number of nitrogens with one attached hydrogen (secondary N) is 2. The summed E-state index contributed by atoms with van der Waals surface area (Å²) in [6.07, 6.45) is 0. The molecular formula is C14H16N4O3S. The first kappa shape index (κ1) is 14.9. The van der Waals surface area contributed by atoms with Gasteiger partial charge in [-0.05, 0) is 18.2 Å². The molecule has 0 bridgehead atoms. The minimum absolute atomic E-state index is 0.0499. The molecule has 0 aliphatic carbocycles. The van der Waals surface area contributed by atoms with E-state index in [-0.39, 0.29) is 18.5 Å². The van der Waals surface area contributed by atoms with E-state index in [1.807, 2.05) is 24.3 Å². The Labute approximate surface area is 131 Å². The number of thioether (sulfide) groups is 1. The number of benzene rings is 1. The van der Waals surface area contributed by atoms with E-state index >= 15 is 0 Å². The van der Waals surface area contributed by atoms with Gasteiger partial charge >= 0.3 is 0 Å². The van der Waals surface area contributed by atoms with E-state index in [0.717, 1.165) is 22.9 Å². The number of ether oxygens (including phenoxy) is 1. The van der Waals surface area contributed by atoms with Crippen LogP contribution in [0.1, 0.15) is 5.89 Å². The molecule has 2 heterocycles. The number of nitrogens with zero attached hydrogens (tertiary/aromatic N) is 2. The molecule has 1 saturated heterocycles. The average molecular weight is 320 g/mol. The molecule has 2 N–H and O–H groups in total. The van der Waals surface area contributed by atoms with Gasteiger partial charge in [-0.2, -0.15) is 0 Å². The maximum Gasteiger partial charge on any atom is 0.247 e. The van der Waals surface area contributed by atoms with Gasteiger partial charge in [-0.3, -0.25) is 10.1 Å². The van der Waals surface area contributed by atoms with Crippen molar-refractivity contribution in [1.29, 1.82) is 0 Å². The second-order valence-corrected chi connectivity index (χ2v) is 5.75. The van der Waals surface area contributed by atoms with Crippen LogP contribution in [0.25, 0.3) is 11.5 Å². The molecule has 1 aliphatic heterocycles. The average Bonchev–Trinajstić information content (AvgIpc) is 3.24. The Balaban J connectivity index is 1.62. The van der Waals surface area contributed by atoms with Crippen molar-refractivity contribution < 1.29 is 13.9 Å². The molecular weight excluding hydrogens is 304 g/mol. The van der Waals surface area contributed by atoms with Crippen LogP contribution in [0.15, 0.2) is 28.7 Å². The molecule has 8 heteroatoms. The van der Waals surface area contributed by atoms with Crippen molar-refractivity contribution >= 4 is 17.7 Å². The van der Waals surface area contributed by atoms with Gasteiger partial charge in [0.05, 0.1) is 19.7 Å². The number of hydrogen-bond donors (Lipinski definition) is 2. The SMILES string of the molecule is COc1cccc(-c2nnc(CNC(=O)C3CSCN3)o2)c1. The van der Waals surface area contributed by atoms with Crippen LogP contribution in [-0.4, -0.2) is 40.9 Å². The zero-order valence-corrected chi connectivity index (χ0v) is 12.9. The lowest BCUT2D eigenvalue weighted by Crippen LogP contribution is -2.41. The summed E-state index contributed by atoms with van der Waals surface area (Å²) >= 11 is 1.70. The van der Waals surface area contributed by atoms with E-state index in [0.29, 0.717) is 11.8 Å². The Morgan fingerprint density at radius 2 is 2.45 bits per heavy atom. The highest BCUT2D eigenvalue weighted by Gasteiger charge is 2.22. The number of amides is 1. The molecule has 116 valence electrons. The molecule has 1 fully saturated rings. The number of carbonyl (C=O) groups is 1. The van der Waals surface area contributed by atoms with Gasteiger partial charge in [-0.25, -0.2) is 0 Å². The standard InChI is InChI=1S/C14H16N4O3S/c1-20-10-4-2-3-9(5-10)14-18-17-12(21-14)6-15-13(19)11-7-22-8-16-11/h2-5,11,16H,6-8H2,1H3,(H,15,19). The molecule has 1 atom stereocenters. The van der Waals surface area contributed by atoms with Gasteiger partial charge < -0.3 is 14.5 Å². The number of aromatic nitrogens is 2. The number of methoxy groups -OCH3 is 1. The van der Waals surface area contributed by atoms with Gasteiger partial charge in [0.1, 0.15) is 5.75 Å². The summed E-state index contributed by atoms with van der Waals surface area (Å²) in [6, 6.07) is 7.22. The van der Waals surface area contributed by atoms with E-state index in [9.17, 15) is 4.79 Å². The first-order valence-electron chi connectivity index (χ1n) is 6.82. The Bertz CT molecular complexity index is 655. The molecule has 1 aliphatic rings. The summed E-state index contributed by atoms with van der Waals surface area (Å²) < 4.78 is 10.7. The first-order chi connectivity index (χ1) is 10.8. The number of hydrogen-bond acceptors (Lipinski definition) is 7. The van der Waals surface area contributed by atoms with E-state index in [4.69, 9.17) is 9.15 Å². The Hall–Kier alpha value is -2.06. The quantitative estimate of drug-likeness (QED) is 0.850. The molecule has 1 amide bonds. The summed E-state index contributed by atoms with van der Waals surface area (Å²) in [4.78, 5) is 11.9. The van der Waals surface area contributed by atoms with Crippen molar-refractivity contribution in [2.75, 3.05) is 18.7 Å². The second-order valence-electron chi connectivity index (χ2n) is 4.72. The lowest BCUT2D eigenvalue weighted by Gasteiger charge is -2.08. The Morgan fingerprint density at radius 3 is 3.23 bits per heavy atom. The first-order valence-corrected chi connectivity index (χ1v) is 7.97. The van der Waals surface area contributed by atoms with Crippen molar-refractivity contribution in [1.82, 2.24) is 20.8 Å². The predicted octanol–water partition coefficient (Wildman–Crippen LogP) is 1.02. The lowest BCUT2D eigenvalue weighted by molar-refractivity contribution is -0.122. The summed E-state index contributed by atoms with van der Waals surface area (Å²) in [5.74, 6) is 3.03. The van der Waals surface area contributed by atoms with Crippen LogP contribution >= 0.6 is 11.8 Å². The smallest absolute Gasteiger partial charge is 0.247 e. The highest BCUT2D eigenvalue weighted by Crippen LogP contribution is 2.22. The summed E-state index contributed by atoms with van der Waals surface area (Å²) in [5.41, 5.74) is 0.776. The highest BCUT2D eigenvalue weighted by atomic mass is 32.2. The fourth-order valence-electron chi connectivity index (χ4n) is 2.05. The van der Waals surface area contributed by atoms with Crippen molar-refractivity contribution in [3.8, 4) is 17.2 Å². The van der Waals surface area contributed by atoms with E-state index in [2.05, 4.69) is 20.8 Å². The predicted molar refractivity (Wildman–Crippen MR) is 82.4 cm³/mol. The topological polar surface area (TPSA) is 89.3 Å². The van der Waals surface area contributed by atoms with Crippen molar-refractivity contribution in [3.63, 3.8) is 0 Å². The van der Waals surface area contributed by atoms with Crippen LogP contribution in [0.3, 0.4) is 0 Å². The van der Waals surface area contributed by atoms with Gasteiger partial charge in [0, 0.05) is 17.2 Å². The maximum atomic E-state index is 11.9. The van der Waals surface area contributed by atoms with Crippen LogP contribution in [0.5, 0.6) is 5.75 Å². The van der Waals surface area contributed by atoms with Gasteiger partial charge in [-0.15, -0.1) is 22.0 Å². The zero-order chi connectivity index (χ0) is 15.4. The van der Waals surface area contributed by atoms with Crippen molar-refractivity contribution in [2.24, 2.45) is 0 Å². The van der Waals surface area contributed by atoms with Crippen LogP contribution in [-0.2, 0) is 11.3 Å². The molecule has 1 aromatic heterocycles. The monoisotopic (exact) mass is 320 g/mol. The second kappa shape index (κ2) is 6.80. The molecule has 22 heavy (non-hydrogen) atoms. The van der Waals surface area contributed by atoms with Crippen LogP contribution in [0.4, 0.5) is 0 Å². The normalized spacial score (nSPS) is 17.4. The zero-order valence-electron chi connectivity index (χ0n) is 12.0. The highest BCUT2D eigenvalue weighted by molar-refractivity contribution is 7.99. The third kappa shape index (κ3) is 3.40. The largest absolute Gasteiger partial charge is 0.497 e. The van der Waals surface area contributed by atoms with E-state index in [1.54, 1.807) is 18.9 Å². The van der Waals surface area contributed by atoms with E-state index in [1.165, 1.54) is 0 Å². The van der Waals surface area contributed by atoms with Crippen LogP contribution in [0, 0.1) is 0 Å². The van der Waals surface area contributed by atoms with E-state index < -0.39 is 0 Å². The molecule has 0 radical (unpaired) electrons. The number of carbonyl (C=O) groups excluding carboxylic acids is 1. The summed E-state index contributed by atoms with van der Waals surface area (Å²) in [7, 11) is 1.60. The molecule has 2 aromatic rings. The molecule has 3 rings (SSSR count). The summed E-state index contributed by atoms with van der Waals surface area (Å²) in [6.45, 7) is 0.221. The minimum atomic E-state index is -0.147. The minimum Gasteiger partial charge on any atom is -0.497 e. The maximum absolute atomic E-state index is 11.9.